The average molecular weight is 343 g/mol. The molecule has 0 aromatic heterocycles. The predicted molar refractivity (Wildman–Crippen MR) is 108 cm³/mol. The van der Waals surface area contributed by atoms with Gasteiger partial charge in [0.25, 0.3) is 0 Å². The molecular formula is C24H25NO. The van der Waals surface area contributed by atoms with Gasteiger partial charge >= 0.3 is 0 Å². The van der Waals surface area contributed by atoms with E-state index in [4.69, 9.17) is 0 Å². The van der Waals surface area contributed by atoms with Gasteiger partial charge in [-0.3, -0.25) is 0 Å². The van der Waals surface area contributed by atoms with E-state index in [1.165, 1.54) is 22.3 Å². The Kier molecular flexibility index (Phi) is 4.52. The van der Waals surface area contributed by atoms with Gasteiger partial charge < -0.3 is 10.4 Å². The SMILES string of the molecule is Cc1cccc(-c2c(O)c(C)cc3c2CCNCC3c2ccccc2)c1. The maximum Gasteiger partial charge on any atom is 0.126 e. The molecule has 0 aliphatic carbocycles. The van der Waals surface area contributed by atoms with Crippen LogP contribution < -0.4 is 5.32 Å². The van der Waals surface area contributed by atoms with Gasteiger partial charge in [-0.05, 0) is 54.6 Å². The predicted octanol–water partition coefficient (Wildman–Crippen LogP) is 4.95. The van der Waals surface area contributed by atoms with Crippen molar-refractivity contribution in [2.75, 3.05) is 13.1 Å². The van der Waals surface area contributed by atoms with Gasteiger partial charge in [-0.2, -0.15) is 0 Å². The van der Waals surface area contributed by atoms with Crippen LogP contribution in [0.2, 0.25) is 0 Å². The fourth-order valence-corrected chi connectivity index (χ4v) is 4.12. The molecule has 1 heterocycles. The van der Waals surface area contributed by atoms with Gasteiger partial charge in [-0.25, -0.2) is 0 Å². The zero-order chi connectivity index (χ0) is 18.1. The van der Waals surface area contributed by atoms with Crippen molar-refractivity contribution in [1.29, 1.82) is 0 Å². The van der Waals surface area contributed by atoms with E-state index in [1.54, 1.807) is 0 Å². The minimum Gasteiger partial charge on any atom is -0.507 e. The molecule has 0 radical (unpaired) electrons. The molecule has 0 saturated heterocycles. The third kappa shape index (κ3) is 3.02. The maximum atomic E-state index is 10.9. The first-order valence-electron chi connectivity index (χ1n) is 9.33. The highest BCUT2D eigenvalue weighted by molar-refractivity contribution is 5.78. The summed E-state index contributed by atoms with van der Waals surface area (Å²) in [5.74, 6) is 0.722. The van der Waals surface area contributed by atoms with Crippen LogP contribution in [0.5, 0.6) is 5.75 Å². The highest BCUT2D eigenvalue weighted by Crippen LogP contribution is 2.42. The van der Waals surface area contributed by atoms with E-state index in [-0.39, 0.29) is 0 Å². The van der Waals surface area contributed by atoms with Crippen molar-refractivity contribution in [3.63, 3.8) is 0 Å². The maximum absolute atomic E-state index is 10.9. The summed E-state index contributed by atoms with van der Waals surface area (Å²) in [7, 11) is 0. The number of phenolic OH excluding ortho intramolecular Hbond substituents is 1. The second kappa shape index (κ2) is 6.97. The molecule has 0 fully saturated rings. The molecule has 1 aliphatic heterocycles. The smallest absolute Gasteiger partial charge is 0.126 e. The van der Waals surface area contributed by atoms with E-state index in [2.05, 4.69) is 72.9 Å². The Balaban J connectivity index is 1.96. The summed E-state index contributed by atoms with van der Waals surface area (Å²) in [5.41, 5.74) is 8.21. The molecule has 1 aliphatic rings. The van der Waals surface area contributed by atoms with Gasteiger partial charge in [-0.15, -0.1) is 0 Å². The van der Waals surface area contributed by atoms with Gasteiger partial charge in [0.05, 0.1) is 0 Å². The van der Waals surface area contributed by atoms with Crippen LogP contribution in [0.25, 0.3) is 11.1 Å². The van der Waals surface area contributed by atoms with Crippen molar-refractivity contribution >= 4 is 0 Å². The molecule has 0 bridgehead atoms. The van der Waals surface area contributed by atoms with Gasteiger partial charge in [0, 0.05) is 18.0 Å². The van der Waals surface area contributed by atoms with E-state index in [9.17, 15) is 5.11 Å². The normalized spacial score (nSPS) is 16.8. The van der Waals surface area contributed by atoms with Gasteiger partial charge in [0.1, 0.15) is 5.75 Å². The number of aryl methyl sites for hydroxylation is 2. The van der Waals surface area contributed by atoms with Crippen LogP contribution in [0.3, 0.4) is 0 Å². The number of hydrogen-bond donors (Lipinski definition) is 2. The number of nitrogens with one attached hydrogen (secondary N) is 1. The number of rotatable bonds is 2. The fraction of sp³-hybridized carbons (Fsp3) is 0.250. The molecule has 2 nitrogen and oxygen atoms in total. The Labute approximate surface area is 155 Å². The minimum atomic E-state index is 0.302. The van der Waals surface area contributed by atoms with Crippen LogP contribution in [0.4, 0.5) is 0 Å². The lowest BCUT2D eigenvalue weighted by molar-refractivity contribution is 0.472. The van der Waals surface area contributed by atoms with Crippen LogP contribution in [0, 0.1) is 13.8 Å². The summed E-state index contributed by atoms with van der Waals surface area (Å²) in [5, 5.41) is 14.5. The highest BCUT2D eigenvalue weighted by Gasteiger charge is 2.25. The van der Waals surface area contributed by atoms with E-state index in [1.807, 2.05) is 6.92 Å². The fourth-order valence-electron chi connectivity index (χ4n) is 4.12. The van der Waals surface area contributed by atoms with Crippen LogP contribution >= 0.6 is 0 Å². The van der Waals surface area contributed by atoms with Crippen LogP contribution in [0.1, 0.15) is 33.7 Å². The monoisotopic (exact) mass is 343 g/mol. The third-order valence-electron chi connectivity index (χ3n) is 5.42. The molecule has 0 spiro atoms. The number of benzene rings is 3. The van der Waals surface area contributed by atoms with Crippen LogP contribution in [0.15, 0.2) is 60.7 Å². The lowest BCUT2D eigenvalue weighted by Crippen LogP contribution is -2.20. The lowest BCUT2D eigenvalue weighted by atomic mass is 9.82. The first kappa shape index (κ1) is 16.9. The Morgan fingerprint density at radius 1 is 0.962 bits per heavy atom. The molecule has 3 aromatic carbocycles. The first-order chi connectivity index (χ1) is 12.6. The van der Waals surface area contributed by atoms with E-state index < -0.39 is 0 Å². The van der Waals surface area contributed by atoms with Crippen molar-refractivity contribution < 1.29 is 5.11 Å². The summed E-state index contributed by atoms with van der Waals surface area (Å²) >= 11 is 0. The molecule has 0 saturated carbocycles. The molecule has 1 atom stereocenters. The average Bonchev–Trinajstić information content (AvgIpc) is 2.86. The van der Waals surface area contributed by atoms with Crippen molar-refractivity contribution in [2.24, 2.45) is 0 Å². The number of aromatic hydroxyl groups is 1. The highest BCUT2D eigenvalue weighted by atomic mass is 16.3. The van der Waals surface area contributed by atoms with Crippen molar-refractivity contribution in [3.05, 3.63) is 88.5 Å². The zero-order valence-electron chi connectivity index (χ0n) is 15.4. The molecule has 0 amide bonds. The number of fused-ring (bicyclic) bond motifs is 1. The molecule has 26 heavy (non-hydrogen) atoms. The molecule has 2 heteroatoms. The Morgan fingerprint density at radius 2 is 1.77 bits per heavy atom. The molecule has 1 unspecified atom stereocenters. The largest absolute Gasteiger partial charge is 0.507 e. The quantitative estimate of drug-likeness (QED) is 0.690. The Bertz CT molecular complexity index is 930. The summed E-state index contributed by atoms with van der Waals surface area (Å²) in [6.45, 7) is 5.96. The van der Waals surface area contributed by atoms with Gasteiger partial charge in [-0.1, -0.05) is 66.2 Å². The van der Waals surface area contributed by atoms with Crippen molar-refractivity contribution in [1.82, 2.24) is 5.32 Å². The Hall–Kier alpha value is -2.58. The van der Waals surface area contributed by atoms with Gasteiger partial charge in [0.2, 0.25) is 0 Å². The lowest BCUT2D eigenvalue weighted by Gasteiger charge is -2.22. The summed E-state index contributed by atoms with van der Waals surface area (Å²) < 4.78 is 0. The van der Waals surface area contributed by atoms with E-state index in [0.29, 0.717) is 11.7 Å². The molecule has 4 rings (SSSR count). The van der Waals surface area contributed by atoms with E-state index in [0.717, 1.165) is 36.2 Å². The first-order valence-corrected chi connectivity index (χ1v) is 9.33. The van der Waals surface area contributed by atoms with Gasteiger partial charge in [0.15, 0.2) is 0 Å². The molecule has 2 N–H and O–H groups in total. The molecule has 3 aromatic rings. The summed E-state index contributed by atoms with van der Waals surface area (Å²) in [4.78, 5) is 0. The molecule has 132 valence electrons. The zero-order valence-corrected chi connectivity index (χ0v) is 15.4. The standard InChI is InChI=1S/C24H25NO/c1-16-7-6-10-19(13-16)23-20-11-12-25-15-22(18-8-4-3-5-9-18)21(20)14-17(2)24(23)26/h3-10,13-14,22,25-26H,11-12,15H2,1-2H3. The second-order valence-electron chi connectivity index (χ2n) is 7.27. The molecular weight excluding hydrogens is 318 g/mol. The second-order valence-corrected chi connectivity index (χ2v) is 7.27. The number of phenols is 1. The minimum absolute atomic E-state index is 0.302. The third-order valence-corrected chi connectivity index (χ3v) is 5.42. The number of hydrogen-bond acceptors (Lipinski definition) is 2. The van der Waals surface area contributed by atoms with Crippen LogP contribution in [-0.4, -0.2) is 18.2 Å². The van der Waals surface area contributed by atoms with Crippen LogP contribution in [-0.2, 0) is 6.42 Å². The summed E-state index contributed by atoms with van der Waals surface area (Å²) in [6.07, 6.45) is 0.926. The summed E-state index contributed by atoms with van der Waals surface area (Å²) in [6, 6.07) is 21.3. The Morgan fingerprint density at radius 3 is 2.54 bits per heavy atom. The topological polar surface area (TPSA) is 32.3 Å². The van der Waals surface area contributed by atoms with Crippen molar-refractivity contribution in [3.8, 4) is 16.9 Å². The van der Waals surface area contributed by atoms with E-state index >= 15 is 0 Å². The van der Waals surface area contributed by atoms with Crippen molar-refractivity contribution in [2.45, 2.75) is 26.2 Å².